The van der Waals surface area contributed by atoms with Gasteiger partial charge in [0.2, 0.25) is 12.3 Å². The van der Waals surface area contributed by atoms with E-state index in [9.17, 15) is 9.90 Å². The van der Waals surface area contributed by atoms with Crippen molar-refractivity contribution in [2.24, 2.45) is 0 Å². The van der Waals surface area contributed by atoms with Crippen molar-refractivity contribution in [3.05, 3.63) is 66.6 Å². The van der Waals surface area contributed by atoms with Crippen LogP contribution >= 0.6 is 0 Å². The molecule has 0 fully saturated rings. The monoisotopic (exact) mass is 338 g/mol. The summed E-state index contributed by atoms with van der Waals surface area (Å²) in [6.45, 7) is -0.148. The number of carbonyl (C=O) groups is 1. The molecule has 0 aliphatic rings. The van der Waals surface area contributed by atoms with Crippen LogP contribution in [0.15, 0.2) is 65.4 Å². The molecule has 3 N–H and O–H groups in total. The van der Waals surface area contributed by atoms with Gasteiger partial charge in [0.15, 0.2) is 0 Å². The molecular formula is C18H18N4O3. The van der Waals surface area contributed by atoms with E-state index in [0.717, 1.165) is 5.56 Å². The van der Waals surface area contributed by atoms with Gasteiger partial charge in [-0.3, -0.25) is 0 Å². The van der Waals surface area contributed by atoms with Gasteiger partial charge in [-0.15, -0.1) is 10.2 Å². The highest BCUT2D eigenvalue weighted by Crippen LogP contribution is 2.20. The number of carbonyl (C=O) groups excluding carboxylic acids is 1. The first-order chi connectivity index (χ1) is 12.2. The second-order valence-corrected chi connectivity index (χ2v) is 5.49. The molecule has 0 saturated heterocycles. The molecule has 25 heavy (non-hydrogen) atoms. The first kappa shape index (κ1) is 16.7. The molecule has 0 bridgehead atoms. The third-order valence-electron chi connectivity index (χ3n) is 3.61. The summed E-state index contributed by atoms with van der Waals surface area (Å²) in [7, 11) is 0. The van der Waals surface area contributed by atoms with Gasteiger partial charge >= 0.3 is 6.03 Å². The van der Waals surface area contributed by atoms with Crippen LogP contribution in [0.3, 0.4) is 0 Å². The zero-order valence-corrected chi connectivity index (χ0v) is 13.4. The van der Waals surface area contributed by atoms with Gasteiger partial charge in [0.25, 0.3) is 0 Å². The van der Waals surface area contributed by atoms with Crippen LogP contribution in [-0.4, -0.2) is 34.0 Å². The van der Waals surface area contributed by atoms with Gasteiger partial charge in [-0.2, -0.15) is 0 Å². The van der Waals surface area contributed by atoms with Crippen LogP contribution in [0.4, 0.5) is 10.5 Å². The highest BCUT2D eigenvalue weighted by Gasteiger charge is 2.13. The van der Waals surface area contributed by atoms with Gasteiger partial charge in [0, 0.05) is 11.3 Å². The summed E-state index contributed by atoms with van der Waals surface area (Å²) in [6.07, 6.45) is 1.80. The lowest BCUT2D eigenvalue weighted by molar-refractivity contribution is 0.224. The number of benzene rings is 2. The van der Waals surface area contributed by atoms with E-state index in [1.54, 1.807) is 18.2 Å². The third-order valence-corrected chi connectivity index (χ3v) is 3.61. The van der Waals surface area contributed by atoms with E-state index < -0.39 is 6.03 Å². The fourth-order valence-electron chi connectivity index (χ4n) is 2.44. The van der Waals surface area contributed by atoms with Crippen molar-refractivity contribution in [2.75, 3.05) is 11.9 Å². The fraction of sp³-hybridized carbons (Fsp3) is 0.167. The molecule has 0 aliphatic heterocycles. The molecule has 0 spiro atoms. The minimum atomic E-state index is -0.391. The number of nitrogens with one attached hydrogen (secondary N) is 2. The predicted octanol–water partition coefficient (Wildman–Crippen LogP) is 2.46. The maximum Gasteiger partial charge on any atom is 0.319 e. The third kappa shape index (κ3) is 4.65. The van der Waals surface area contributed by atoms with Gasteiger partial charge in [-0.05, 0) is 30.2 Å². The molecule has 7 heteroatoms. The summed E-state index contributed by atoms with van der Waals surface area (Å²) in [4.78, 5) is 12.2. The molecule has 2 aromatic carbocycles. The molecule has 1 atom stereocenters. The molecule has 128 valence electrons. The number of aliphatic hydroxyl groups is 1. The minimum absolute atomic E-state index is 0.148. The van der Waals surface area contributed by atoms with Gasteiger partial charge in [-0.25, -0.2) is 4.79 Å². The highest BCUT2D eigenvalue weighted by atomic mass is 16.4. The fourth-order valence-corrected chi connectivity index (χ4v) is 2.44. The molecule has 1 heterocycles. The van der Waals surface area contributed by atoms with Crippen LogP contribution in [0, 0.1) is 0 Å². The van der Waals surface area contributed by atoms with Gasteiger partial charge < -0.3 is 20.2 Å². The number of nitrogens with zero attached hydrogens (tertiary/aromatic N) is 2. The Bertz CT molecular complexity index is 806. The van der Waals surface area contributed by atoms with E-state index in [1.807, 2.05) is 36.4 Å². The van der Waals surface area contributed by atoms with Gasteiger partial charge in [0.05, 0.1) is 12.6 Å². The van der Waals surface area contributed by atoms with E-state index in [4.69, 9.17) is 4.42 Å². The summed E-state index contributed by atoms with van der Waals surface area (Å²) in [5, 5.41) is 22.5. The number of amides is 2. The van der Waals surface area contributed by atoms with E-state index in [-0.39, 0.29) is 12.6 Å². The topological polar surface area (TPSA) is 100 Å². The molecule has 1 aromatic heterocycles. The first-order valence-corrected chi connectivity index (χ1v) is 7.83. The Hall–Kier alpha value is -3.19. The van der Waals surface area contributed by atoms with Crippen LogP contribution in [0.5, 0.6) is 0 Å². The standard InChI is InChI=1S/C18H18N4O3/c23-11-16(9-13-5-2-1-3-6-13)21-18(24)20-15-8-4-7-14(10-15)17-22-19-12-25-17/h1-8,10,12,16,23H,9,11H2,(H2,20,21,24). The average Bonchev–Trinajstić information content (AvgIpc) is 3.17. The predicted molar refractivity (Wildman–Crippen MR) is 92.9 cm³/mol. The Kier molecular flexibility index (Phi) is 5.38. The molecule has 3 aromatic rings. The number of hydrogen-bond donors (Lipinski definition) is 3. The lowest BCUT2D eigenvalue weighted by atomic mass is 10.1. The van der Waals surface area contributed by atoms with Crippen molar-refractivity contribution < 1.29 is 14.3 Å². The Morgan fingerprint density at radius 3 is 2.72 bits per heavy atom. The summed E-state index contributed by atoms with van der Waals surface area (Å²) in [5.41, 5.74) is 2.34. The molecule has 1 unspecified atom stereocenters. The van der Waals surface area contributed by atoms with Crippen molar-refractivity contribution >= 4 is 11.7 Å². The van der Waals surface area contributed by atoms with E-state index in [2.05, 4.69) is 20.8 Å². The maximum absolute atomic E-state index is 12.2. The molecule has 0 radical (unpaired) electrons. The quantitative estimate of drug-likeness (QED) is 0.641. The maximum atomic E-state index is 12.2. The Balaban J connectivity index is 1.61. The highest BCUT2D eigenvalue weighted by molar-refractivity contribution is 5.90. The minimum Gasteiger partial charge on any atom is -0.423 e. The smallest absolute Gasteiger partial charge is 0.319 e. The average molecular weight is 338 g/mol. The lowest BCUT2D eigenvalue weighted by Gasteiger charge is -2.17. The van der Waals surface area contributed by atoms with Crippen LogP contribution in [0.25, 0.3) is 11.5 Å². The molecule has 7 nitrogen and oxygen atoms in total. The first-order valence-electron chi connectivity index (χ1n) is 7.83. The number of aromatic nitrogens is 2. The second-order valence-electron chi connectivity index (χ2n) is 5.49. The Labute approximate surface area is 144 Å². The van der Waals surface area contributed by atoms with Crippen molar-refractivity contribution in [1.82, 2.24) is 15.5 Å². The van der Waals surface area contributed by atoms with E-state index in [1.165, 1.54) is 6.39 Å². The van der Waals surface area contributed by atoms with Crippen LogP contribution < -0.4 is 10.6 Å². The van der Waals surface area contributed by atoms with Crippen molar-refractivity contribution in [3.8, 4) is 11.5 Å². The van der Waals surface area contributed by atoms with Crippen molar-refractivity contribution in [2.45, 2.75) is 12.5 Å². The number of urea groups is 1. The van der Waals surface area contributed by atoms with Gasteiger partial charge in [-0.1, -0.05) is 36.4 Å². The molecular weight excluding hydrogens is 320 g/mol. The summed E-state index contributed by atoms with van der Waals surface area (Å²) < 4.78 is 5.14. The summed E-state index contributed by atoms with van der Waals surface area (Å²) >= 11 is 0. The number of hydrogen-bond acceptors (Lipinski definition) is 5. The van der Waals surface area contributed by atoms with Crippen LogP contribution in [0.2, 0.25) is 0 Å². The SMILES string of the molecule is O=C(Nc1cccc(-c2nnco2)c1)NC(CO)Cc1ccccc1. The molecule has 3 rings (SSSR count). The molecule has 0 aliphatic carbocycles. The van der Waals surface area contributed by atoms with E-state index in [0.29, 0.717) is 23.6 Å². The van der Waals surface area contributed by atoms with Crippen molar-refractivity contribution in [3.63, 3.8) is 0 Å². The zero-order valence-electron chi connectivity index (χ0n) is 13.4. The second kappa shape index (κ2) is 8.07. The summed E-state index contributed by atoms with van der Waals surface area (Å²) in [5.74, 6) is 0.376. The van der Waals surface area contributed by atoms with Gasteiger partial charge in [0.1, 0.15) is 0 Å². The Morgan fingerprint density at radius 2 is 2.00 bits per heavy atom. The lowest BCUT2D eigenvalue weighted by Crippen LogP contribution is -2.41. The largest absolute Gasteiger partial charge is 0.423 e. The summed E-state index contributed by atoms with van der Waals surface area (Å²) in [6, 6.07) is 16.0. The Morgan fingerprint density at radius 1 is 1.16 bits per heavy atom. The van der Waals surface area contributed by atoms with Crippen LogP contribution in [0.1, 0.15) is 5.56 Å². The van der Waals surface area contributed by atoms with Crippen molar-refractivity contribution in [1.29, 1.82) is 0 Å². The number of rotatable bonds is 6. The normalized spacial score (nSPS) is 11.7. The molecule has 2 amide bonds. The zero-order chi connectivity index (χ0) is 17.5. The number of anilines is 1. The van der Waals surface area contributed by atoms with E-state index >= 15 is 0 Å². The number of aliphatic hydroxyl groups excluding tert-OH is 1. The molecule has 0 saturated carbocycles. The van der Waals surface area contributed by atoms with Crippen LogP contribution in [-0.2, 0) is 6.42 Å².